The highest BCUT2D eigenvalue weighted by molar-refractivity contribution is 4.89. The van der Waals surface area contributed by atoms with Crippen molar-refractivity contribution in [3.63, 3.8) is 0 Å². The third-order valence-corrected chi connectivity index (χ3v) is 2.87. The molecule has 1 heterocycles. The Hall–Kier alpha value is -0.900. The molecule has 4 nitrogen and oxygen atoms in total. The first-order valence-electron chi connectivity index (χ1n) is 6.35. The van der Waals surface area contributed by atoms with Gasteiger partial charge in [0.05, 0.1) is 6.04 Å². The number of unbranched alkanes of at least 4 members (excludes halogenated alkanes) is 3. The van der Waals surface area contributed by atoms with Crippen LogP contribution in [0.2, 0.25) is 0 Å². The van der Waals surface area contributed by atoms with Gasteiger partial charge in [0.15, 0.2) is 0 Å². The molecule has 16 heavy (non-hydrogen) atoms. The van der Waals surface area contributed by atoms with Crippen molar-refractivity contribution in [2.45, 2.75) is 65.0 Å². The third kappa shape index (κ3) is 4.75. The second-order valence-corrected chi connectivity index (χ2v) is 4.51. The summed E-state index contributed by atoms with van der Waals surface area (Å²) in [6.45, 7) is 6.59. The Morgan fingerprint density at radius 2 is 2.12 bits per heavy atom. The van der Waals surface area contributed by atoms with Gasteiger partial charge in [0.2, 0.25) is 0 Å². The molecule has 1 aromatic heterocycles. The van der Waals surface area contributed by atoms with Crippen LogP contribution < -0.4 is 5.32 Å². The maximum Gasteiger partial charge on any atom is 0.141 e. The van der Waals surface area contributed by atoms with E-state index >= 15 is 0 Å². The topological polar surface area (TPSA) is 53.6 Å². The highest BCUT2D eigenvalue weighted by atomic mass is 15.2. The minimum atomic E-state index is 0.253. The van der Waals surface area contributed by atoms with Gasteiger partial charge in [-0.05, 0) is 20.3 Å². The molecule has 0 aliphatic carbocycles. The van der Waals surface area contributed by atoms with Crippen LogP contribution in [-0.2, 0) is 0 Å². The van der Waals surface area contributed by atoms with Crippen molar-refractivity contribution in [3.05, 3.63) is 12.2 Å². The first kappa shape index (κ1) is 13.2. The minimum Gasteiger partial charge on any atom is -0.305 e. The van der Waals surface area contributed by atoms with E-state index in [1.165, 1.54) is 32.1 Å². The Bertz CT molecular complexity index is 258. The van der Waals surface area contributed by atoms with E-state index in [0.29, 0.717) is 6.04 Å². The smallest absolute Gasteiger partial charge is 0.141 e. The lowest BCUT2D eigenvalue weighted by atomic mass is 10.1. The summed E-state index contributed by atoms with van der Waals surface area (Å²) in [5.74, 6) is 0.917. The second-order valence-electron chi connectivity index (χ2n) is 4.51. The zero-order chi connectivity index (χ0) is 11.8. The molecule has 1 rings (SSSR count). The second kappa shape index (κ2) is 7.39. The number of nitrogens with one attached hydrogen (secondary N) is 2. The van der Waals surface area contributed by atoms with Crippen LogP contribution in [0.3, 0.4) is 0 Å². The van der Waals surface area contributed by atoms with Gasteiger partial charge in [0.1, 0.15) is 12.2 Å². The van der Waals surface area contributed by atoms with Crippen LogP contribution in [0.15, 0.2) is 6.33 Å². The fourth-order valence-corrected chi connectivity index (χ4v) is 1.89. The van der Waals surface area contributed by atoms with E-state index < -0.39 is 0 Å². The molecule has 0 aromatic carbocycles. The first-order chi connectivity index (χ1) is 7.74. The summed E-state index contributed by atoms with van der Waals surface area (Å²) >= 11 is 0. The summed E-state index contributed by atoms with van der Waals surface area (Å²) in [5.41, 5.74) is 0. The van der Waals surface area contributed by atoms with Gasteiger partial charge in [0, 0.05) is 6.04 Å². The van der Waals surface area contributed by atoms with Crippen LogP contribution in [0.5, 0.6) is 0 Å². The summed E-state index contributed by atoms with van der Waals surface area (Å²) in [7, 11) is 0. The first-order valence-corrected chi connectivity index (χ1v) is 6.35. The number of H-pyrrole nitrogens is 1. The van der Waals surface area contributed by atoms with Gasteiger partial charge in [-0.3, -0.25) is 5.10 Å². The van der Waals surface area contributed by atoms with E-state index in [4.69, 9.17) is 0 Å². The van der Waals surface area contributed by atoms with E-state index in [1.807, 2.05) is 0 Å². The molecule has 0 saturated carbocycles. The zero-order valence-electron chi connectivity index (χ0n) is 10.7. The fourth-order valence-electron chi connectivity index (χ4n) is 1.89. The van der Waals surface area contributed by atoms with Crippen molar-refractivity contribution in [1.82, 2.24) is 20.5 Å². The maximum atomic E-state index is 4.15. The molecule has 2 atom stereocenters. The SMILES string of the molecule is CCCCCCC(C)NC(C)c1ncn[nH]1. The van der Waals surface area contributed by atoms with Gasteiger partial charge in [0.25, 0.3) is 0 Å². The number of nitrogens with zero attached hydrogens (tertiary/aromatic N) is 2. The molecule has 2 unspecified atom stereocenters. The molecular weight excluding hydrogens is 200 g/mol. The Balaban J connectivity index is 2.16. The van der Waals surface area contributed by atoms with E-state index in [2.05, 4.69) is 41.3 Å². The van der Waals surface area contributed by atoms with Gasteiger partial charge in [-0.25, -0.2) is 4.98 Å². The van der Waals surface area contributed by atoms with Crippen LogP contribution in [0.1, 0.15) is 64.7 Å². The lowest BCUT2D eigenvalue weighted by Crippen LogP contribution is -2.29. The number of aromatic amines is 1. The van der Waals surface area contributed by atoms with E-state index in [9.17, 15) is 0 Å². The van der Waals surface area contributed by atoms with Crippen molar-refractivity contribution in [3.8, 4) is 0 Å². The van der Waals surface area contributed by atoms with Gasteiger partial charge in [-0.1, -0.05) is 32.6 Å². The number of hydrogen-bond acceptors (Lipinski definition) is 3. The summed E-state index contributed by atoms with van der Waals surface area (Å²) in [4.78, 5) is 4.15. The Labute approximate surface area is 98.2 Å². The van der Waals surface area contributed by atoms with Crippen molar-refractivity contribution >= 4 is 0 Å². The Morgan fingerprint density at radius 1 is 1.31 bits per heavy atom. The van der Waals surface area contributed by atoms with E-state index in [1.54, 1.807) is 6.33 Å². The average molecular weight is 224 g/mol. The standard InChI is InChI=1S/C12H24N4/c1-4-5-6-7-8-10(2)15-11(3)12-13-9-14-16-12/h9-11,15H,4-8H2,1-3H3,(H,13,14,16). The highest BCUT2D eigenvalue weighted by Crippen LogP contribution is 2.10. The molecule has 1 aromatic rings. The minimum absolute atomic E-state index is 0.253. The predicted molar refractivity (Wildman–Crippen MR) is 66.2 cm³/mol. The molecule has 92 valence electrons. The van der Waals surface area contributed by atoms with Crippen LogP contribution in [-0.4, -0.2) is 21.2 Å². The summed E-state index contributed by atoms with van der Waals surface area (Å²) in [5, 5.41) is 10.3. The normalized spacial score (nSPS) is 14.9. The van der Waals surface area contributed by atoms with Crippen molar-refractivity contribution in [2.24, 2.45) is 0 Å². The summed E-state index contributed by atoms with van der Waals surface area (Å²) < 4.78 is 0. The fraction of sp³-hybridized carbons (Fsp3) is 0.833. The van der Waals surface area contributed by atoms with Crippen LogP contribution in [0.4, 0.5) is 0 Å². The molecule has 0 saturated heterocycles. The zero-order valence-corrected chi connectivity index (χ0v) is 10.7. The Kier molecular flexibility index (Phi) is 6.08. The molecule has 2 N–H and O–H groups in total. The Morgan fingerprint density at radius 3 is 2.75 bits per heavy atom. The summed E-state index contributed by atoms with van der Waals surface area (Å²) in [6.07, 6.45) is 8.10. The van der Waals surface area contributed by atoms with Crippen molar-refractivity contribution < 1.29 is 0 Å². The largest absolute Gasteiger partial charge is 0.305 e. The molecule has 0 radical (unpaired) electrons. The van der Waals surface area contributed by atoms with Crippen LogP contribution >= 0.6 is 0 Å². The average Bonchev–Trinajstić information content (AvgIpc) is 2.77. The quantitative estimate of drug-likeness (QED) is 0.668. The van der Waals surface area contributed by atoms with Gasteiger partial charge >= 0.3 is 0 Å². The van der Waals surface area contributed by atoms with Crippen molar-refractivity contribution in [1.29, 1.82) is 0 Å². The molecular formula is C12H24N4. The molecule has 0 aliphatic rings. The molecule has 4 heteroatoms. The van der Waals surface area contributed by atoms with Crippen molar-refractivity contribution in [2.75, 3.05) is 0 Å². The van der Waals surface area contributed by atoms with E-state index in [-0.39, 0.29) is 6.04 Å². The molecule has 0 bridgehead atoms. The maximum absolute atomic E-state index is 4.15. The number of aromatic nitrogens is 3. The molecule has 0 amide bonds. The van der Waals surface area contributed by atoms with Gasteiger partial charge < -0.3 is 5.32 Å². The number of rotatable bonds is 8. The van der Waals surface area contributed by atoms with Crippen LogP contribution in [0, 0.1) is 0 Å². The lowest BCUT2D eigenvalue weighted by Gasteiger charge is -2.18. The predicted octanol–water partition coefficient (Wildman–Crippen LogP) is 2.81. The lowest BCUT2D eigenvalue weighted by molar-refractivity contribution is 0.428. The number of hydrogen-bond donors (Lipinski definition) is 2. The monoisotopic (exact) mass is 224 g/mol. The van der Waals surface area contributed by atoms with Gasteiger partial charge in [-0.2, -0.15) is 5.10 Å². The van der Waals surface area contributed by atoms with Gasteiger partial charge in [-0.15, -0.1) is 0 Å². The molecule has 0 spiro atoms. The van der Waals surface area contributed by atoms with E-state index in [0.717, 1.165) is 5.82 Å². The third-order valence-electron chi connectivity index (χ3n) is 2.87. The molecule has 0 aliphatic heterocycles. The highest BCUT2D eigenvalue weighted by Gasteiger charge is 2.10. The summed E-state index contributed by atoms with van der Waals surface area (Å²) in [6, 6.07) is 0.792. The molecule has 0 fully saturated rings. The van der Waals surface area contributed by atoms with Crippen LogP contribution in [0.25, 0.3) is 0 Å².